The van der Waals surface area contributed by atoms with Crippen LogP contribution < -0.4 is 15.0 Å². The molecule has 1 N–H and O–H groups in total. The Kier molecular flexibility index (Phi) is 5.85. The maximum absolute atomic E-state index is 12.6. The molecule has 8 heteroatoms. The smallest absolute Gasteiger partial charge is 0.230 e. The number of thiazole rings is 1. The molecule has 0 saturated carbocycles. The number of carbonyl (C=O) groups is 2. The van der Waals surface area contributed by atoms with Gasteiger partial charge in [-0.2, -0.15) is 0 Å². The van der Waals surface area contributed by atoms with Crippen molar-refractivity contribution in [2.45, 2.75) is 32.6 Å². The molecule has 3 aromatic rings. The van der Waals surface area contributed by atoms with Gasteiger partial charge in [-0.25, -0.2) is 4.98 Å². The second-order valence-electron chi connectivity index (χ2n) is 7.17. The maximum atomic E-state index is 12.6. The Bertz CT molecular complexity index is 1070. The third kappa shape index (κ3) is 4.38. The van der Waals surface area contributed by atoms with Gasteiger partial charge >= 0.3 is 0 Å². The van der Waals surface area contributed by atoms with Crippen LogP contribution in [-0.4, -0.2) is 30.5 Å². The standard InChI is InChI=1S/C22H23N3O4S/c1-14-6-8-19(29-14)22-24-16(13-30-22)12-20(26)23-15-7-9-18(28-2)17(11-15)25-10-4-3-5-21(25)27/h6-9,11,13H,3-5,10,12H2,1-2H3,(H,23,26). The molecule has 2 amide bonds. The van der Waals surface area contributed by atoms with Gasteiger partial charge in [0.15, 0.2) is 10.8 Å². The van der Waals surface area contributed by atoms with Crippen molar-refractivity contribution in [3.05, 3.63) is 47.2 Å². The minimum absolute atomic E-state index is 0.0752. The Morgan fingerprint density at radius 2 is 2.17 bits per heavy atom. The van der Waals surface area contributed by atoms with Crippen LogP contribution >= 0.6 is 11.3 Å². The van der Waals surface area contributed by atoms with Crippen LogP contribution in [0.1, 0.15) is 30.7 Å². The molecule has 1 aromatic carbocycles. The van der Waals surface area contributed by atoms with Gasteiger partial charge in [0.1, 0.15) is 11.5 Å². The van der Waals surface area contributed by atoms with Crippen molar-refractivity contribution in [3.63, 3.8) is 0 Å². The molecular formula is C22H23N3O4S. The highest BCUT2D eigenvalue weighted by Gasteiger charge is 2.23. The minimum Gasteiger partial charge on any atom is -0.495 e. The average Bonchev–Trinajstić information content (AvgIpc) is 3.37. The van der Waals surface area contributed by atoms with Crippen LogP contribution in [0.4, 0.5) is 11.4 Å². The zero-order chi connectivity index (χ0) is 21.1. The van der Waals surface area contributed by atoms with Gasteiger partial charge in [0.2, 0.25) is 11.8 Å². The minimum atomic E-state index is -0.177. The zero-order valence-electron chi connectivity index (χ0n) is 16.9. The summed E-state index contributed by atoms with van der Waals surface area (Å²) in [5.74, 6) is 2.04. The third-order valence-corrected chi connectivity index (χ3v) is 5.83. The number of hydrogen-bond donors (Lipinski definition) is 1. The largest absolute Gasteiger partial charge is 0.495 e. The summed E-state index contributed by atoms with van der Waals surface area (Å²) in [6.45, 7) is 2.53. The van der Waals surface area contributed by atoms with E-state index < -0.39 is 0 Å². The lowest BCUT2D eigenvalue weighted by Crippen LogP contribution is -2.35. The summed E-state index contributed by atoms with van der Waals surface area (Å²) in [6.07, 6.45) is 2.54. The van der Waals surface area contributed by atoms with Crippen LogP contribution in [0.25, 0.3) is 10.8 Å². The van der Waals surface area contributed by atoms with Crippen LogP contribution in [0.3, 0.4) is 0 Å². The molecule has 156 valence electrons. The first-order chi connectivity index (χ1) is 14.5. The number of methoxy groups -OCH3 is 1. The number of carbonyl (C=O) groups excluding carboxylic acids is 2. The highest BCUT2D eigenvalue weighted by Crippen LogP contribution is 2.33. The van der Waals surface area contributed by atoms with Crippen LogP contribution in [0.2, 0.25) is 0 Å². The van der Waals surface area contributed by atoms with Gasteiger partial charge in [0.25, 0.3) is 0 Å². The van der Waals surface area contributed by atoms with E-state index in [1.165, 1.54) is 11.3 Å². The van der Waals surface area contributed by atoms with Crippen LogP contribution in [0, 0.1) is 6.92 Å². The summed E-state index contributed by atoms with van der Waals surface area (Å²) in [4.78, 5) is 31.1. The molecule has 4 rings (SSSR count). The normalized spacial score (nSPS) is 14.1. The molecule has 0 atom stereocenters. The predicted molar refractivity (Wildman–Crippen MR) is 116 cm³/mol. The molecule has 3 heterocycles. The number of hydrogen-bond acceptors (Lipinski definition) is 6. The maximum Gasteiger partial charge on any atom is 0.230 e. The molecule has 7 nitrogen and oxygen atoms in total. The fourth-order valence-corrected chi connectivity index (χ4v) is 4.24. The number of piperidine rings is 1. The van der Waals surface area contributed by atoms with Gasteiger partial charge in [-0.05, 0) is 50.1 Å². The molecule has 1 aliphatic rings. The van der Waals surface area contributed by atoms with E-state index in [9.17, 15) is 9.59 Å². The van der Waals surface area contributed by atoms with Crippen molar-refractivity contribution < 1.29 is 18.7 Å². The van der Waals surface area contributed by atoms with E-state index in [1.807, 2.05) is 24.4 Å². The number of furan rings is 1. The lowest BCUT2D eigenvalue weighted by Gasteiger charge is -2.28. The Morgan fingerprint density at radius 1 is 1.30 bits per heavy atom. The number of nitrogens with one attached hydrogen (secondary N) is 1. The van der Waals surface area contributed by atoms with E-state index in [0.717, 1.165) is 23.6 Å². The molecule has 0 unspecified atom stereocenters. The van der Waals surface area contributed by atoms with Crippen molar-refractivity contribution in [2.24, 2.45) is 0 Å². The fraction of sp³-hybridized carbons (Fsp3) is 0.318. The lowest BCUT2D eigenvalue weighted by atomic mass is 10.1. The van der Waals surface area contributed by atoms with Crippen LogP contribution in [-0.2, 0) is 16.0 Å². The van der Waals surface area contributed by atoms with Gasteiger partial charge in [0.05, 0.1) is 24.9 Å². The van der Waals surface area contributed by atoms with Gasteiger partial charge in [-0.1, -0.05) is 0 Å². The summed E-state index contributed by atoms with van der Waals surface area (Å²) in [7, 11) is 1.58. The molecule has 30 heavy (non-hydrogen) atoms. The van der Waals surface area contributed by atoms with Gasteiger partial charge in [-0.15, -0.1) is 11.3 Å². The second kappa shape index (κ2) is 8.71. The molecule has 1 fully saturated rings. The van der Waals surface area contributed by atoms with Gasteiger partial charge in [-0.3, -0.25) is 9.59 Å². The average molecular weight is 426 g/mol. The number of rotatable bonds is 6. The number of aromatic nitrogens is 1. The molecule has 0 bridgehead atoms. The third-order valence-electron chi connectivity index (χ3n) is 4.92. The van der Waals surface area contributed by atoms with E-state index in [1.54, 1.807) is 30.2 Å². The highest BCUT2D eigenvalue weighted by molar-refractivity contribution is 7.13. The zero-order valence-corrected chi connectivity index (χ0v) is 17.8. The van der Waals surface area contributed by atoms with Crippen molar-refractivity contribution in [1.82, 2.24) is 4.98 Å². The number of aryl methyl sites for hydroxylation is 1. The van der Waals surface area contributed by atoms with Gasteiger partial charge in [0, 0.05) is 24.0 Å². The van der Waals surface area contributed by atoms with Crippen molar-refractivity contribution in [2.75, 3.05) is 23.9 Å². The summed E-state index contributed by atoms with van der Waals surface area (Å²) < 4.78 is 11.0. The van der Waals surface area contributed by atoms with Crippen molar-refractivity contribution in [3.8, 4) is 16.5 Å². The summed E-state index contributed by atoms with van der Waals surface area (Å²) >= 11 is 1.45. The summed E-state index contributed by atoms with van der Waals surface area (Å²) in [5.41, 5.74) is 1.98. The second-order valence-corrected chi connectivity index (χ2v) is 8.03. The van der Waals surface area contributed by atoms with Crippen molar-refractivity contribution >= 4 is 34.5 Å². The molecule has 1 saturated heterocycles. The van der Waals surface area contributed by atoms with Crippen LogP contribution in [0.5, 0.6) is 5.75 Å². The van der Waals surface area contributed by atoms with Gasteiger partial charge < -0.3 is 19.4 Å². The molecule has 0 aliphatic carbocycles. The first kappa shape index (κ1) is 20.2. The molecule has 1 aliphatic heterocycles. The Balaban J connectivity index is 1.46. The van der Waals surface area contributed by atoms with Crippen LogP contribution in [0.15, 0.2) is 40.1 Å². The molecule has 2 aromatic heterocycles. The van der Waals surface area contributed by atoms with E-state index in [4.69, 9.17) is 9.15 Å². The predicted octanol–water partition coefficient (Wildman–Crippen LogP) is 4.42. The Labute approximate surface area is 178 Å². The number of ether oxygens (including phenoxy) is 1. The number of amides is 2. The summed E-state index contributed by atoms with van der Waals surface area (Å²) in [6, 6.07) is 9.09. The Morgan fingerprint density at radius 3 is 2.90 bits per heavy atom. The van der Waals surface area contributed by atoms with E-state index >= 15 is 0 Å². The molecule has 0 radical (unpaired) electrons. The molecule has 0 spiro atoms. The number of anilines is 2. The fourth-order valence-electron chi connectivity index (χ4n) is 3.46. The first-order valence-corrected chi connectivity index (χ1v) is 10.7. The first-order valence-electron chi connectivity index (χ1n) is 9.83. The quantitative estimate of drug-likeness (QED) is 0.632. The molecular weight excluding hydrogens is 402 g/mol. The Hall–Kier alpha value is -3.13. The van der Waals surface area contributed by atoms with Crippen molar-refractivity contribution in [1.29, 1.82) is 0 Å². The SMILES string of the molecule is COc1ccc(NC(=O)Cc2csc(-c3ccc(C)o3)n2)cc1N1CCCCC1=O. The highest BCUT2D eigenvalue weighted by atomic mass is 32.1. The monoisotopic (exact) mass is 425 g/mol. The summed E-state index contributed by atoms with van der Waals surface area (Å²) in [5, 5.41) is 5.51. The topological polar surface area (TPSA) is 84.7 Å². The van der Waals surface area contributed by atoms with E-state index in [-0.39, 0.29) is 18.2 Å². The number of benzene rings is 1. The van der Waals surface area contributed by atoms with E-state index in [0.29, 0.717) is 41.5 Å². The van der Waals surface area contributed by atoms with E-state index in [2.05, 4.69) is 10.3 Å². The lowest BCUT2D eigenvalue weighted by molar-refractivity contribution is -0.119. The number of nitrogens with zero attached hydrogens (tertiary/aromatic N) is 2.